The smallest absolute Gasteiger partial charge is 0.384 e. The summed E-state index contributed by atoms with van der Waals surface area (Å²) in [4.78, 5) is 6.93. The molecular weight excluding hydrogens is 197 g/mol. The predicted octanol–water partition coefficient (Wildman–Crippen LogP) is 1.31. The second-order valence-electron chi connectivity index (χ2n) is 2.84. The van der Waals surface area contributed by atoms with Gasteiger partial charge < -0.3 is 11.5 Å². The molecule has 0 aliphatic carbocycles. The molecule has 14 heavy (non-hydrogen) atoms. The van der Waals surface area contributed by atoms with Gasteiger partial charge in [-0.15, -0.1) is 0 Å². The Bertz CT molecular complexity index is 316. The Morgan fingerprint density at radius 1 is 1.21 bits per heavy atom. The third-order valence-electron chi connectivity index (χ3n) is 1.66. The van der Waals surface area contributed by atoms with Crippen molar-refractivity contribution in [1.82, 2.24) is 9.97 Å². The molecule has 0 bridgehead atoms. The number of hydrogen-bond donors (Lipinski definition) is 2. The van der Waals surface area contributed by atoms with E-state index >= 15 is 0 Å². The van der Waals surface area contributed by atoms with E-state index in [-0.39, 0.29) is 11.6 Å². The fraction of sp³-hybridized carbons (Fsp3) is 0.429. The monoisotopic (exact) mass is 206 g/mol. The van der Waals surface area contributed by atoms with Crippen LogP contribution in [0.25, 0.3) is 0 Å². The fourth-order valence-corrected chi connectivity index (χ4v) is 0.846. The van der Waals surface area contributed by atoms with Gasteiger partial charge in [-0.1, -0.05) is 0 Å². The molecule has 1 unspecified atom stereocenters. The fourth-order valence-electron chi connectivity index (χ4n) is 0.846. The van der Waals surface area contributed by atoms with E-state index < -0.39 is 17.9 Å². The summed E-state index contributed by atoms with van der Waals surface area (Å²) >= 11 is 0. The Morgan fingerprint density at radius 2 is 1.64 bits per heavy atom. The lowest BCUT2D eigenvalue weighted by molar-refractivity contribution is -0.147. The number of nitrogens with zero attached hydrogens (tertiary/aromatic N) is 2. The number of aromatic nitrogens is 2. The highest BCUT2D eigenvalue weighted by Crippen LogP contribution is 2.32. The van der Waals surface area contributed by atoms with E-state index in [1.165, 1.54) is 6.07 Å². The Morgan fingerprint density at radius 3 is 2.00 bits per heavy atom. The van der Waals surface area contributed by atoms with E-state index in [1.54, 1.807) is 0 Å². The average molecular weight is 206 g/mol. The summed E-state index contributed by atoms with van der Waals surface area (Å²) in [6.45, 7) is 0.953. The summed E-state index contributed by atoms with van der Waals surface area (Å²) in [5.41, 5.74) is 10.5. The molecule has 0 aliphatic rings. The number of rotatable bonds is 1. The molecule has 0 radical (unpaired) electrons. The summed E-state index contributed by atoms with van der Waals surface area (Å²) in [6.07, 6.45) is -4.39. The maximum Gasteiger partial charge on any atom is 0.398 e. The first-order chi connectivity index (χ1) is 6.30. The Balaban J connectivity index is 3.07. The zero-order valence-electron chi connectivity index (χ0n) is 7.34. The minimum absolute atomic E-state index is 0.0661. The Hall–Kier alpha value is -1.53. The van der Waals surface area contributed by atoms with Crippen LogP contribution in [0.3, 0.4) is 0 Å². The van der Waals surface area contributed by atoms with Crippen LogP contribution in [0.2, 0.25) is 0 Å². The van der Waals surface area contributed by atoms with Crippen molar-refractivity contribution in [3.05, 3.63) is 11.9 Å². The molecule has 0 amide bonds. The summed E-state index contributed by atoms with van der Waals surface area (Å²) in [6, 6.07) is 1.20. The summed E-state index contributed by atoms with van der Waals surface area (Å²) in [5.74, 6) is -2.31. The van der Waals surface area contributed by atoms with Crippen LogP contribution in [0.15, 0.2) is 6.07 Å². The maximum atomic E-state index is 12.2. The second kappa shape index (κ2) is 3.32. The number of anilines is 2. The normalized spacial score (nSPS) is 14.0. The SMILES string of the molecule is CC(c1nc(N)cc(N)n1)C(F)(F)F. The molecule has 1 atom stereocenters. The lowest BCUT2D eigenvalue weighted by Crippen LogP contribution is -2.21. The quantitative estimate of drug-likeness (QED) is 0.726. The van der Waals surface area contributed by atoms with Crippen molar-refractivity contribution in [1.29, 1.82) is 0 Å². The van der Waals surface area contributed by atoms with E-state index in [0.717, 1.165) is 6.92 Å². The van der Waals surface area contributed by atoms with E-state index in [9.17, 15) is 13.2 Å². The van der Waals surface area contributed by atoms with Crippen LogP contribution in [0, 0.1) is 0 Å². The first-order valence-corrected chi connectivity index (χ1v) is 3.77. The van der Waals surface area contributed by atoms with Crippen LogP contribution >= 0.6 is 0 Å². The highest BCUT2D eigenvalue weighted by Gasteiger charge is 2.39. The van der Waals surface area contributed by atoms with Gasteiger partial charge in [-0.3, -0.25) is 0 Å². The number of nitrogens with two attached hydrogens (primary N) is 2. The first-order valence-electron chi connectivity index (χ1n) is 3.77. The number of hydrogen-bond acceptors (Lipinski definition) is 4. The zero-order valence-corrected chi connectivity index (χ0v) is 7.34. The van der Waals surface area contributed by atoms with E-state index in [0.29, 0.717) is 0 Å². The average Bonchev–Trinajstić information content (AvgIpc) is 1.99. The molecule has 0 aliphatic heterocycles. The molecule has 78 valence electrons. The Labute approximate surface area is 78.1 Å². The molecule has 0 saturated carbocycles. The zero-order chi connectivity index (χ0) is 10.9. The number of nitrogen functional groups attached to an aromatic ring is 2. The molecule has 1 rings (SSSR count). The van der Waals surface area contributed by atoms with Gasteiger partial charge in [0.15, 0.2) is 0 Å². The molecule has 1 heterocycles. The Kier molecular flexibility index (Phi) is 2.50. The van der Waals surface area contributed by atoms with Crippen LogP contribution in [0.5, 0.6) is 0 Å². The highest BCUT2D eigenvalue weighted by atomic mass is 19.4. The topological polar surface area (TPSA) is 77.8 Å². The van der Waals surface area contributed by atoms with Gasteiger partial charge in [0.2, 0.25) is 0 Å². The third-order valence-corrected chi connectivity index (χ3v) is 1.66. The van der Waals surface area contributed by atoms with Gasteiger partial charge in [-0.2, -0.15) is 13.2 Å². The molecule has 0 spiro atoms. The van der Waals surface area contributed by atoms with Gasteiger partial charge in [-0.05, 0) is 6.92 Å². The lowest BCUT2D eigenvalue weighted by Gasteiger charge is -2.14. The van der Waals surface area contributed by atoms with E-state index in [2.05, 4.69) is 9.97 Å². The van der Waals surface area contributed by atoms with Crippen molar-refractivity contribution in [2.75, 3.05) is 11.5 Å². The number of alkyl halides is 3. The predicted molar refractivity (Wildman–Crippen MR) is 45.3 cm³/mol. The van der Waals surface area contributed by atoms with Crippen molar-refractivity contribution in [2.45, 2.75) is 19.0 Å². The first kappa shape index (κ1) is 10.6. The molecule has 4 N–H and O–H groups in total. The third kappa shape index (κ3) is 2.24. The van der Waals surface area contributed by atoms with Crippen molar-refractivity contribution in [3.8, 4) is 0 Å². The van der Waals surface area contributed by atoms with Gasteiger partial charge in [0.1, 0.15) is 23.4 Å². The van der Waals surface area contributed by atoms with Gasteiger partial charge in [0.25, 0.3) is 0 Å². The van der Waals surface area contributed by atoms with E-state index in [4.69, 9.17) is 11.5 Å². The molecule has 1 aromatic rings. The maximum absolute atomic E-state index is 12.2. The highest BCUT2D eigenvalue weighted by molar-refractivity contribution is 5.41. The molecule has 1 aromatic heterocycles. The van der Waals surface area contributed by atoms with E-state index in [1.807, 2.05) is 0 Å². The van der Waals surface area contributed by atoms with Crippen LogP contribution in [-0.4, -0.2) is 16.1 Å². The molecule has 0 saturated heterocycles. The molecule has 0 fully saturated rings. The van der Waals surface area contributed by atoms with Crippen molar-refractivity contribution in [3.63, 3.8) is 0 Å². The minimum Gasteiger partial charge on any atom is -0.384 e. The molecular formula is C7H9F3N4. The lowest BCUT2D eigenvalue weighted by atomic mass is 10.1. The second-order valence-corrected chi connectivity index (χ2v) is 2.84. The minimum atomic E-state index is -4.39. The molecule has 7 heteroatoms. The summed E-state index contributed by atoms with van der Waals surface area (Å²) in [5, 5.41) is 0. The van der Waals surface area contributed by atoms with Gasteiger partial charge in [-0.25, -0.2) is 9.97 Å². The van der Waals surface area contributed by atoms with Crippen LogP contribution < -0.4 is 11.5 Å². The molecule has 0 aromatic carbocycles. The van der Waals surface area contributed by atoms with Gasteiger partial charge in [0, 0.05) is 6.07 Å². The van der Waals surface area contributed by atoms with Crippen LogP contribution in [-0.2, 0) is 0 Å². The van der Waals surface area contributed by atoms with Crippen molar-refractivity contribution in [2.24, 2.45) is 0 Å². The molecule has 4 nitrogen and oxygen atoms in total. The van der Waals surface area contributed by atoms with Crippen molar-refractivity contribution < 1.29 is 13.2 Å². The van der Waals surface area contributed by atoms with Gasteiger partial charge in [0.05, 0.1) is 0 Å². The standard InChI is InChI=1S/C7H9F3N4/c1-3(7(8,9)10)6-13-4(11)2-5(12)14-6/h2-3H,1H3,(H4,11,12,13,14). The van der Waals surface area contributed by atoms with Crippen LogP contribution in [0.1, 0.15) is 18.7 Å². The summed E-state index contributed by atoms with van der Waals surface area (Å²) < 4.78 is 36.7. The largest absolute Gasteiger partial charge is 0.398 e. The van der Waals surface area contributed by atoms with Crippen molar-refractivity contribution >= 4 is 11.6 Å². The number of halogens is 3. The van der Waals surface area contributed by atoms with Gasteiger partial charge >= 0.3 is 6.18 Å². The summed E-state index contributed by atoms with van der Waals surface area (Å²) in [7, 11) is 0. The van der Waals surface area contributed by atoms with Crippen LogP contribution in [0.4, 0.5) is 24.8 Å².